The van der Waals surface area contributed by atoms with Crippen molar-refractivity contribution in [3.05, 3.63) is 38.7 Å². The van der Waals surface area contributed by atoms with Crippen LogP contribution in [0.2, 0.25) is 0 Å². The molecule has 0 spiro atoms. The van der Waals surface area contributed by atoms with Crippen LogP contribution in [0.4, 0.5) is 0 Å². The predicted molar refractivity (Wildman–Crippen MR) is 94.9 cm³/mol. The topological polar surface area (TPSA) is 22.4 Å². The summed E-state index contributed by atoms with van der Waals surface area (Å²) in [6, 6.07) is 0. The molecule has 2 aromatic rings. The van der Waals surface area contributed by atoms with Crippen LogP contribution in [-0.4, -0.2) is 7.11 Å². The molecule has 0 N–H and O–H groups in total. The van der Waals surface area contributed by atoms with Crippen LogP contribution in [-0.2, 0) is 38.5 Å². The average Bonchev–Trinajstić information content (AvgIpc) is 3.22. The molecule has 0 aromatic carbocycles. The summed E-state index contributed by atoms with van der Waals surface area (Å²) >= 11 is 1.89. The molecule has 0 radical (unpaired) electrons. The lowest BCUT2D eigenvalue weighted by molar-refractivity contribution is 0.370. The summed E-state index contributed by atoms with van der Waals surface area (Å²) in [7, 11) is 1.83. The maximum atomic E-state index is 6.16. The summed E-state index contributed by atoms with van der Waals surface area (Å²) < 4.78 is 11.8. The third-order valence-corrected chi connectivity index (χ3v) is 7.02. The lowest BCUT2D eigenvalue weighted by Crippen LogP contribution is -2.16. The van der Waals surface area contributed by atoms with Crippen LogP contribution >= 0.6 is 11.3 Å². The molecule has 0 amide bonds. The Balaban J connectivity index is 1.57. The van der Waals surface area contributed by atoms with Gasteiger partial charge in [-0.15, -0.1) is 11.3 Å². The van der Waals surface area contributed by atoms with Crippen molar-refractivity contribution >= 4 is 11.3 Å². The summed E-state index contributed by atoms with van der Waals surface area (Å²) in [5.41, 5.74) is 6.04. The summed E-state index contributed by atoms with van der Waals surface area (Å²) in [6.07, 6.45) is 9.57. The minimum Gasteiger partial charge on any atom is -0.487 e. The molecule has 2 aliphatic carbocycles. The molecule has 0 aliphatic heterocycles. The number of hydrogen-bond acceptors (Lipinski definition) is 3. The molecule has 2 nitrogen and oxygen atoms in total. The fourth-order valence-corrected chi connectivity index (χ4v) is 5.72. The van der Waals surface area contributed by atoms with Crippen molar-refractivity contribution in [2.75, 3.05) is 7.11 Å². The fraction of sp³-hybridized carbons (Fsp3) is 0.600. The van der Waals surface area contributed by atoms with Gasteiger partial charge in [0.2, 0.25) is 0 Å². The van der Waals surface area contributed by atoms with Gasteiger partial charge >= 0.3 is 0 Å². The van der Waals surface area contributed by atoms with Gasteiger partial charge in [0.15, 0.2) is 5.06 Å². The number of hydrogen-bond donors (Lipinski definition) is 0. The number of furan rings is 1. The fourth-order valence-electron chi connectivity index (χ4n) is 4.48. The molecule has 4 rings (SSSR count). The van der Waals surface area contributed by atoms with Gasteiger partial charge in [-0.1, -0.05) is 6.92 Å². The molecule has 0 bridgehead atoms. The Hall–Kier alpha value is -1.22. The Kier molecular flexibility index (Phi) is 4.00. The zero-order valence-electron chi connectivity index (χ0n) is 14.5. The molecule has 0 saturated heterocycles. The number of ether oxygens (including phenoxy) is 1. The monoisotopic (exact) mass is 330 g/mol. The molecule has 1 unspecified atom stereocenters. The van der Waals surface area contributed by atoms with E-state index >= 15 is 0 Å². The SMILES string of the molecule is CCc1oc2c(c1C)CCC(Cc1c(OC)sc3c1CCC3)C2. The molecular formula is C20H26O2S. The molecule has 23 heavy (non-hydrogen) atoms. The predicted octanol–water partition coefficient (Wildman–Crippen LogP) is 5.06. The van der Waals surface area contributed by atoms with Crippen LogP contribution in [0.5, 0.6) is 5.06 Å². The highest BCUT2D eigenvalue weighted by Gasteiger charge is 2.29. The number of thiophene rings is 1. The van der Waals surface area contributed by atoms with E-state index in [1.165, 1.54) is 65.4 Å². The van der Waals surface area contributed by atoms with Crippen LogP contribution in [0, 0.1) is 12.8 Å². The molecule has 1 atom stereocenters. The summed E-state index contributed by atoms with van der Waals surface area (Å²) in [5.74, 6) is 3.16. The number of fused-ring (bicyclic) bond motifs is 2. The quantitative estimate of drug-likeness (QED) is 0.782. The van der Waals surface area contributed by atoms with E-state index < -0.39 is 0 Å². The van der Waals surface area contributed by atoms with E-state index in [9.17, 15) is 0 Å². The number of rotatable bonds is 4. The second-order valence-corrected chi connectivity index (χ2v) is 8.11. The van der Waals surface area contributed by atoms with Gasteiger partial charge in [0.05, 0.1) is 7.11 Å². The lowest BCUT2D eigenvalue weighted by atomic mass is 9.82. The smallest absolute Gasteiger partial charge is 0.177 e. The van der Waals surface area contributed by atoms with Crippen LogP contribution in [0.15, 0.2) is 4.42 Å². The molecule has 0 fully saturated rings. The van der Waals surface area contributed by atoms with Gasteiger partial charge in [0.25, 0.3) is 0 Å². The molecule has 2 heterocycles. The maximum absolute atomic E-state index is 6.16. The zero-order valence-corrected chi connectivity index (χ0v) is 15.3. The normalized spacial score (nSPS) is 19.7. The van der Waals surface area contributed by atoms with Gasteiger partial charge in [-0.05, 0) is 68.1 Å². The second kappa shape index (κ2) is 6.01. The third-order valence-electron chi connectivity index (χ3n) is 5.72. The minimum absolute atomic E-state index is 0.700. The van der Waals surface area contributed by atoms with Crippen LogP contribution in [0.25, 0.3) is 0 Å². The average molecular weight is 330 g/mol. The Morgan fingerprint density at radius 1 is 1.22 bits per heavy atom. The molecule has 3 heteroatoms. The van der Waals surface area contributed by atoms with E-state index in [1.54, 1.807) is 10.4 Å². The number of aryl methyl sites for hydroxylation is 2. The lowest BCUT2D eigenvalue weighted by Gasteiger charge is -2.22. The maximum Gasteiger partial charge on any atom is 0.177 e. The second-order valence-electron chi connectivity index (χ2n) is 7.05. The minimum atomic E-state index is 0.700. The summed E-state index contributed by atoms with van der Waals surface area (Å²) in [5, 5.41) is 1.17. The third kappa shape index (κ3) is 2.53. The Labute approximate surface area is 142 Å². The van der Waals surface area contributed by atoms with E-state index in [4.69, 9.17) is 9.15 Å². The van der Waals surface area contributed by atoms with Crippen molar-refractivity contribution in [3.63, 3.8) is 0 Å². The van der Waals surface area contributed by atoms with Gasteiger partial charge in [-0.2, -0.15) is 0 Å². The van der Waals surface area contributed by atoms with Crippen LogP contribution in [0.1, 0.15) is 58.4 Å². The Morgan fingerprint density at radius 3 is 2.87 bits per heavy atom. The van der Waals surface area contributed by atoms with Gasteiger partial charge < -0.3 is 9.15 Å². The highest BCUT2D eigenvalue weighted by Crippen LogP contribution is 2.43. The molecule has 2 aliphatic rings. The largest absolute Gasteiger partial charge is 0.487 e. The van der Waals surface area contributed by atoms with E-state index in [0.717, 1.165) is 19.3 Å². The first-order valence-electron chi connectivity index (χ1n) is 8.98. The van der Waals surface area contributed by atoms with Crippen LogP contribution in [0.3, 0.4) is 0 Å². The van der Waals surface area contributed by atoms with Crippen molar-refractivity contribution in [1.29, 1.82) is 0 Å². The molecule has 2 aromatic heterocycles. The first-order valence-corrected chi connectivity index (χ1v) is 9.80. The van der Waals surface area contributed by atoms with Crippen LogP contribution < -0.4 is 4.74 Å². The first-order chi connectivity index (χ1) is 11.2. The molecule has 124 valence electrons. The van der Waals surface area contributed by atoms with Crippen molar-refractivity contribution in [2.24, 2.45) is 5.92 Å². The van der Waals surface area contributed by atoms with E-state index in [1.807, 2.05) is 18.4 Å². The first kappa shape index (κ1) is 15.3. The molecular weight excluding hydrogens is 304 g/mol. The van der Waals surface area contributed by atoms with E-state index in [0.29, 0.717) is 5.92 Å². The van der Waals surface area contributed by atoms with Gasteiger partial charge in [-0.3, -0.25) is 0 Å². The van der Waals surface area contributed by atoms with Crippen molar-refractivity contribution in [1.82, 2.24) is 0 Å². The van der Waals surface area contributed by atoms with Gasteiger partial charge in [-0.25, -0.2) is 0 Å². The number of methoxy groups -OCH3 is 1. The summed E-state index contributed by atoms with van der Waals surface area (Å²) in [4.78, 5) is 1.58. The standard InChI is InChI=1S/C20H26O2S/c1-4-17-12(2)14-9-8-13(11-18(14)22-17)10-16-15-6-5-7-19(15)23-20(16)21-3/h13H,4-11H2,1-3H3. The Morgan fingerprint density at radius 2 is 2.09 bits per heavy atom. The van der Waals surface area contributed by atoms with Gasteiger partial charge in [0.1, 0.15) is 11.5 Å². The summed E-state index contributed by atoms with van der Waals surface area (Å²) in [6.45, 7) is 4.42. The molecule has 0 saturated carbocycles. The van der Waals surface area contributed by atoms with Gasteiger partial charge in [0, 0.05) is 23.3 Å². The highest BCUT2D eigenvalue weighted by atomic mass is 32.1. The van der Waals surface area contributed by atoms with Crippen molar-refractivity contribution in [3.8, 4) is 5.06 Å². The van der Waals surface area contributed by atoms with Crippen molar-refractivity contribution in [2.45, 2.75) is 65.2 Å². The zero-order chi connectivity index (χ0) is 16.0. The van der Waals surface area contributed by atoms with Crippen molar-refractivity contribution < 1.29 is 9.15 Å². The highest BCUT2D eigenvalue weighted by molar-refractivity contribution is 7.14. The Bertz CT molecular complexity index is 723. The van der Waals surface area contributed by atoms with E-state index in [-0.39, 0.29) is 0 Å². The van der Waals surface area contributed by atoms with E-state index in [2.05, 4.69) is 13.8 Å².